The Morgan fingerprint density at radius 2 is 1.95 bits per heavy atom. The fourth-order valence-electron chi connectivity index (χ4n) is 2.10. The van der Waals surface area contributed by atoms with E-state index in [1.54, 1.807) is 11.9 Å². The highest BCUT2D eigenvalue weighted by Gasteiger charge is 2.35. The Balaban J connectivity index is 2.52. The monoisotopic (exact) mass is 270 g/mol. The van der Waals surface area contributed by atoms with Gasteiger partial charge < -0.3 is 15.3 Å². The fraction of sp³-hybridized carbons (Fsp3) is 0.857. The Morgan fingerprint density at radius 3 is 2.32 bits per heavy atom. The van der Waals surface area contributed by atoms with Gasteiger partial charge >= 0.3 is 12.0 Å². The van der Waals surface area contributed by atoms with E-state index in [4.69, 9.17) is 5.11 Å². The Morgan fingerprint density at radius 1 is 1.42 bits per heavy atom. The van der Waals surface area contributed by atoms with Crippen molar-refractivity contribution >= 4 is 12.0 Å². The average Bonchev–Trinajstić information content (AvgIpc) is 2.90. The van der Waals surface area contributed by atoms with E-state index in [9.17, 15) is 9.59 Å². The number of urea groups is 1. The first-order valence-corrected chi connectivity index (χ1v) is 6.84. The molecule has 1 aliphatic rings. The zero-order valence-corrected chi connectivity index (χ0v) is 12.6. The largest absolute Gasteiger partial charge is 0.481 e. The van der Waals surface area contributed by atoms with Crippen LogP contribution in [0.15, 0.2) is 0 Å². The van der Waals surface area contributed by atoms with Crippen LogP contribution in [0.5, 0.6) is 0 Å². The van der Waals surface area contributed by atoms with Gasteiger partial charge in [-0.3, -0.25) is 4.79 Å². The molecule has 1 aliphatic carbocycles. The predicted molar refractivity (Wildman–Crippen MR) is 73.9 cm³/mol. The molecule has 1 fully saturated rings. The van der Waals surface area contributed by atoms with Crippen LogP contribution in [0.1, 0.15) is 40.5 Å². The van der Waals surface area contributed by atoms with Crippen molar-refractivity contribution in [3.63, 3.8) is 0 Å². The van der Waals surface area contributed by atoms with Crippen molar-refractivity contribution in [3.05, 3.63) is 0 Å². The van der Waals surface area contributed by atoms with Gasteiger partial charge in [0.1, 0.15) is 0 Å². The molecule has 2 N–H and O–H groups in total. The molecule has 0 spiro atoms. The molecule has 1 saturated carbocycles. The van der Waals surface area contributed by atoms with Gasteiger partial charge in [0.05, 0.1) is 6.42 Å². The smallest absolute Gasteiger partial charge is 0.317 e. The molecule has 2 amide bonds. The summed E-state index contributed by atoms with van der Waals surface area (Å²) >= 11 is 0. The van der Waals surface area contributed by atoms with Crippen LogP contribution in [-0.2, 0) is 4.79 Å². The van der Waals surface area contributed by atoms with Crippen molar-refractivity contribution in [1.29, 1.82) is 0 Å². The van der Waals surface area contributed by atoms with E-state index in [0.717, 1.165) is 6.54 Å². The van der Waals surface area contributed by atoms with Crippen molar-refractivity contribution in [2.75, 3.05) is 13.6 Å². The summed E-state index contributed by atoms with van der Waals surface area (Å²) in [6, 6.07) is -0.545. The number of carbonyl (C=O) groups is 2. The summed E-state index contributed by atoms with van der Waals surface area (Å²) in [6.07, 6.45) is 1.12. The molecular weight excluding hydrogens is 244 g/mol. The van der Waals surface area contributed by atoms with Gasteiger partial charge in [0, 0.05) is 19.6 Å². The van der Waals surface area contributed by atoms with E-state index in [1.165, 1.54) is 6.42 Å². The minimum absolute atomic E-state index is 0.0527. The first kappa shape index (κ1) is 15.8. The van der Waals surface area contributed by atoms with E-state index < -0.39 is 5.97 Å². The lowest BCUT2D eigenvalue weighted by molar-refractivity contribution is -0.138. The quantitative estimate of drug-likeness (QED) is 0.804. The number of hydrogen-bond donors (Lipinski definition) is 2. The summed E-state index contributed by atoms with van der Waals surface area (Å²) in [5, 5.41) is 11.8. The van der Waals surface area contributed by atoms with Crippen molar-refractivity contribution in [2.24, 2.45) is 17.3 Å². The normalized spacial score (nSPS) is 23.6. The third kappa shape index (κ3) is 5.09. The summed E-state index contributed by atoms with van der Waals surface area (Å²) in [7, 11) is 1.76. The highest BCUT2D eigenvalue weighted by Crippen LogP contribution is 2.37. The number of nitrogens with one attached hydrogen (secondary N) is 1. The lowest BCUT2D eigenvalue weighted by Crippen LogP contribution is -2.49. The first-order chi connectivity index (χ1) is 8.61. The van der Waals surface area contributed by atoms with Crippen LogP contribution in [0, 0.1) is 17.3 Å². The number of nitrogens with zero attached hydrogens (tertiary/aromatic N) is 1. The Bertz CT molecular complexity index is 349. The molecule has 5 nitrogen and oxygen atoms in total. The van der Waals surface area contributed by atoms with Gasteiger partial charge in [-0.25, -0.2) is 4.79 Å². The van der Waals surface area contributed by atoms with E-state index >= 15 is 0 Å². The molecule has 0 aromatic carbocycles. The van der Waals surface area contributed by atoms with Crippen LogP contribution < -0.4 is 5.32 Å². The molecule has 0 aliphatic heterocycles. The molecule has 0 heterocycles. The van der Waals surface area contributed by atoms with E-state index in [-0.39, 0.29) is 23.9 Å². The average molecular weight is 270 g/mol. The van der Waals surface area contributed by atoms with Crippen LogP contribution in [0.25, 0.3) is 0 Å². The summed E-state index contributed by atoms with van der Waals surface area (Å²) < 4.78 is 0. The zero-order chi connectivity index (χ0) is 14.8. The van der Waals surface area contributed by atoms with Gasteiger partial charge in [-0.15, -0.1) is 0 Å². The molecule has 3 atom stereocenters. The summed E-state index contributed by atoms with van der Waals surface area (Å²) in [5.74, 6) is 0.412. The Labute approximate surface area is 115 Å². The first-order valence-electron chi connectivity index (χ1n) is 6.84. The standard InChI is InChI=1S/C14H26N2O3/c1-9-6-10(9)8-16(5)13(19)15-11(7-12(17)18)14(2,3)4/h9-11H,6-8H2,1-5H3,(H,15,19)(H,17,18). The second-order valence-electron chi connectivity index (χ2n) is 6.82. The third-order valence-electron chi connectivity index (χ3n) is 3.85. The maximum Gasteiger partial charge on any atom is 0.317 e. The van der Waals surface area contributed by atoms with Crippen molar-refractivity contribution in [2.45, 2.75) is 46.6 Å². The van der Waals surface area contributed by atoms with Gasteiger partial charge in [0.2, 0.25) is 0 Å². The fourth-order valence-corrected chi connectivity index (χ4v) is 2.10. The summed E-state index contributed by atoms with van der Waals surface area (Å²) in [5.41, 5.74) is -0.276. The van der Waals surface area contributed by atoms with Gasteiger partial charge in [-0.2, -0.15) is 0 Å². The third-order valence-corrected chi connectivity index (χ3v) is 3.85. The van der Waals surface area contributed by atoms with Crippen LogP contribution in [0.3, 0.4) is 0 Å². The SMILES string of the molecule is CC1CC1CN(C)C(=O)NC(CC(=O)O)C(C)(C)C. The minimum atomic E-state index is -0.890. The second kappa shape index (κ2) is 5.80. The van der Waals surface area contributed by atoms with Crippen LogP contribution in [0.2, 0.25) is 0 Å². The zero-order valence-electron chi connectivity index (χ0n) is 12.6. The molecule has 19 heavy (non-hydrogen) atoms. The number of amides is 2. The maximum absolute atomic E-state index is 12.1. The van der Waals surface area contributed by atoms with Crippen LogP contribution in [0.4, 0.5) is 4.79 Å². The van der Waals surface area contributed by atoms with Crippen molar-refractivity contribution in [3.8, 4) is 0 Å². The van der Waals surface area contributed by atoms with Crippen molar-refractivity contribution in [1.82, 2.24) is 10.2 Å². The molecule has 0 bridgehead atoms. The topological polar surface area (TPSA) is 69.6 Å². The lowest BCUT2D eigenvalue weighted by atomic mass is 9.85. The van der Waals surface area contributed by atoms with Crippen LogP contribution >= 0.6 is 0 Å². The van der Waals surface area contributed by atoms with Gasteiger partial charge in [-0.05, 0) is 23.7 Å². The molecule has 0 aromatic rings. The molecule has 110 valence electrons. The number of carboxylic acids is 1. The highest BCUT2D eigenvalue weighted by atomic mass is 16.4. The number of rotatable bonds is 5. The Hall–Kier alpha value is -1.26. The van der Waals surface area contributed by atoms with Gasteiger partial charge in [0.25, 0.3) is 0 Å². The molecule has 0 aromatic heterocycles. The molecule has 3 unspecified atom stereocenters. The number of hydrogen-bond acceptors (Lipinski definition) is 2. The molecule has 1 rings (SSSR count). The van der Waals surface area contributed by atoms with Crippen molar-refractivity contribution < 1.29 is 14.7 Å². The highest BCUT2D eigenvalue weighted by molar-refractivity contribution is 5.76. The molecule has 0 radical (unpaired) electrons. The number of aliphatic carboxylic acids is 1. The summed E-state index contributed by atoms with van der Waals surface area (Å²) in [4.78, 5) is 24.6. The summed E-state index contributed by atoms with van der Waals surface area (Å²) in [6.45, 7) is 8.73. The molecular formula is C14H26N2O3. The van der Waals surface area contributed by atoms with E-state index in [0.29, 0.717) is 11.8 Å². The van der Waals surface area contributed by atoms with Crippen LogP contribution in [-0.4, -0.2) is 41.6 Å². The minimum Gasteiger partial charge on any atom is -0.481 e. The van der Waals surface area contributed by atoms with E-state index in [1.807, 2.05) is 20.8 Å². The predicted octanol–water partition coefficient (Wildman–Crippen LogP) is 2.17. The maximum atomic E-state index is 12.1. The van der Waals surface area contributed by atoms with Gasteiger partial charge in [0.15, 0.2) is 0 Å². The number of carbonyl (C=O) groups excluding carboxylic acids is 1. The number of carboxylic acid groups (broad SMARTS) is 1. The van der Waals surface area contributed by atoms with E-state index in [2.05, 4.69) is 12.2 Å². The molecule has 5 heteroatoms. The van der Waals surface area contributed by atoms with Gasteiger partial charge in [-0.1, -0.05) is 27.7 Å². The lowest BCUT2D eigenvalue weighted by Gasteiger charge is -2.32. The Kier molecular flexibility index (Phi) is 4.82. The second-order valence-corrected chi connectivity index (χ2v) is 6.82. The molecule has 0 saturated heterocycles.